The number of aryl methyl sites for hydroxylation is 2. The Morgan fingerprint density at radius 2 is 1.50 bits per heavy atom. The van der Waals surface area contributed by atoms with E-state index >= 15 is 0 Å². The number of hydrogen-bond donors (Lipinski definition) is 0. The van der Waals surface area contributed by atoms with Gasteiger partial charge < -0.3 is 4.42 Å². The molecule has 2 aromatic heterocycles. The molecule has 0 aliphatic carbocycles. The minimum atomic E-state index is 0.793. The highest BCUT2D eigenvalue weighted by molar-refractivity contribution is 5.92. The molecular formula is C28H22N3O+. The van der Waals surface area contributed by atoms with E-state index in [1.54, 1.807) is 0 Å². The third kappa shape index (κ3) is 2.77. The molecule has 4 heteroatoms. The van der Waals surface area contributed by atoms with Crippen molar-refractivity contribution in [2.24, 2.45) is 7.05 Å². The van der Waals surface area contributed by atoms with Crippen LogP contribution in [0.15, 0.2) is 102 Å². The predicted octanol–water partition coefficient (Wildman–Crippen LogP) is 6.24. The lowest BCUT2D eigenvalue weighted by Crippen LogP contribution is -2.30. The molecule has 0 unspecified atom stereocenters. The van der Waals surface area contributed by atoms with E-state index in [2.05, 4.69) is 107 Å². The van der Waals surface area contributed by atoms with Crippen LogP contribution in [0.2, 0.25) is 0 Å². The minimum Gasteiger partial charge on any atom is -0.443 e. The first-order valence-corrected chi connectivity index (χ1v) is 10.7. The Kier molecular flexibility index (Phi) is 4.18. The average molecular weight is 417 g/mol. The highest BCUT2D eigenvalue weighted by Gasteiger charge is 2.29. The second kappa shape index (κ2) is 7.20. The number of aromatic nitrogens is 3. The van der Waals surface area contributed by atoms with Gasteiger partial charge in [0.2, 0.25) is 0 Å². The first-order valence-electron chi connectivity index (χ1n) is 10.7. The number of imidazole rings is 1. The summed E-state index contributed by atoms with van der Waals surface area (Å²) in [5.41, 5.74) is 9.75. The highest BCUT2D eigenvalue weighted by Crippen LogP contribution is 2.34. The third-order valence-corrected chi connectivity index (χ3v) is 6.18. The molecule has 0 saturated carbocycles. The summed E-state index contributed by atoms with van der Waals surface area (Å²) in [7, 11) is 2.12. The number of para-hydroxylation sites is 2. The molecule has 0 N–H and O–H groups in total. The quantitative estimate of drug-likeness (QED) is 0.320. The molecule has 32 heavy (non-hydrogen) atoms. The van der Waals surface area contributed by atoms with Gasteiger partial charge in [-0.15, -0.1) is 0 Å². The summed E-state index contributed by atoms with van der Waals surface area (Å²) in [6.45, 7) is 2.13. The molecular weight excluding hydrogens is 394 g/mol. The van der Waals surface area contributed by atoms with E-state index in [1.165, 1.54) is 17.5 Å². The van der Waals surface area contributed by atoms with Crippen molar-refractivity contribution >= 4 is 22.1 Å². The summed E-state index contributed by atoms with van der Waals surface area (Å²) in [6.07, 6.45) is 1.52. The Hall–Kier alpha value is -4.18. The molecule has 4 nitrogen and oxygen atoms in total. The van der Waals surface area contributed by atoms with Crippen molar-refractivity contribution in [1.82, 2.24) is 9.55 Å². The van der Waals surface area contributed by atoms with Crippen LogP contribution >= 0.6 is 0 Å². The van der Waals surface area contributed by atoms with E-state index < -0.39 is 0 Å². The summed E-state index contributed by atoms with van der Waals surface area (Å²) in [5.74, 6) is 1.08. The molecule has 0 bridgehead atoms. The second-order valence-corrected chi connectivity index (χ2v) is 8.08. The zero-order valence-corrected chi connectivity index (χ0v) is 18.0. The predicted molar refractivity (Wildman–Crippen MR) is 128 cm³/mol. The average Bonchev–Trinajstić information content (AvgIpc) is 3.43. The van der Waals surface area contributed by atoms with Gasteiger partial charge in [-0.05, 0) is 53.9 Å². The number of oxazole rings is 1. The van der Waals surface area contributed by atoms with Crippen molar-refractivity contribution in [3.05, 3.63) is 103 Å². The normalized spacial score (nSPS) is 11.4. The summed E-state index contributed by atoms with van der Waals surface area (Å²) in [6, 6.07) is 31.8. The van der Waals surface area contributed by atoms with Gasteiger partial charge in [0.15, 0.2) is 23.0 Å². The van der Waals surface area contributed by atoms with Gasteiger partial charge in [0, 0.05) is 0 Å². The smallest absolute Gasteiger partial charge is 0.297 e. The fraction of sp³-hybridized carbons (Fsp3) is 0.0714. The van der Waals surface area contributed by atoms with E-state index in [0.717, 1.165) is 44.8 Å². The molecule has 0 spiro atoms. The number of fused-ring (bicyclic) bond motifs is 2. The van der Waals surface area contributed by atoms with Gasteiger partial charge in [-0.3, -0.25) is 0 Å². The van der Waals surface area contributed by atoms with Crippen LogP contribution in [0.1, 0.15) is 5.56 Å². The summed E-state index contributed by atoms with van der Waals surface area (Å²) in [5, 5.41) is 0. The van der Waals surface area contributed by atoms with E-state index in [9.17, 15) is 0 Å². The molecule has 154 valence electrons. The Balaban J connectivity index is 1.64. The molecule has 0 amide bonds. The number of hydrogen-bond acceptors (Lipinski definition) is 2. The molecule has 0 aliphatic rings. The zero-order valence-electron chi connectivity index (χ0n) is 18.0. The van der Waals surface area contributed by atoms with Crippen LogP contribution < -0.4 is 4.57 Å². The van der Waals surface area contributed by atoms with Crippen LogP contribution in [0.5, 0.6) is 0 Å². The maximum absolute atomic E-state index is 5.63. The molecule has 6 aromatic rings. The van der Waals surface area contributed by atoms with Crippen LogP contribution in [-0.4, -0.2) is 9.55 Å². The summed E-state index contributed by atoms with van der Waals surface area (Å²) in [4.78, 5) is 4.56. The largest absolute Gasteiger partial charge is 0.443 e. The highest BCUT2D eigenvalue weighted by atomic mass is 16.3. The molecule has 0 radical (unpaired) electrons. The van der Waals surface area contributed by atoms with E-state index in [0.29, 0.717) is 0 Å². The Morgan fingerprint density at radius 1 is 0.781 bits per heavy atom. The van der Waals surface area contributed by atoms with Gasteiger partial charge in [-0.2, -0.15) is 4.57 Å². The first kappa shape index (κ1) is 18.6. The van der Waals surface area contributed by atoms with Crippen LogP contribution in [0.4, 0.5) is 0 Å². The molecule has 2 heterocycles. The summed E-state index contributed by atoms with van der Waals surface area (Å²) < 4.78 is 10.2. The lowest BCUT2D eigenvalue weighted by atomic mass is 10.0. The fourth-order valence-corrected chi connectivity index (χ4v) is 4.60. The van der Waals surface area contributed by atoms with Crippen LogP contribution in [-0.2, 0) is 7.05 Å². The zero-order chi connectivity index (χ0) is 21.7. The summed E-state index contributed by atoms with van der Waals surface area (Å²) >= 11 is 0. The number of benzene rings is 4. The van der Waals surface area contributed by atoms with E-state index in [4.69, 9.17) is 4.42 Å². The van der Waals surface area contributed by atoms with Gasteiger partial charge in [0.1, 0.15) is 11.2 Å². The molecule has 0 aliphatic heterocycles. The van der Waals surface area contributed by atoms with Crippen molar-refractivity contribution in [2.45, 2.75) is 6.92 Å². The van der Waals surface area contributed by atoms with Crippen molar-refractivity contribution < 1.29 is 8.98 Å². The maximum atomic E-state index is 5.63. The topological polar surface area (TPSA) is 34.8 Å². The van der Waals surface area contributed by atoms with E-state index in [-0.39, 0.29) is 0 Å². The monoisotopic (exact) mass is 416 g/mol. The Morgan fingerprint density at radius 3 is 2.31 bits per heavy atom. The van der Waals surface area contributed by atoms with Gasteiger partial charge in [0.25, 0.3) is 5.82 Å². The van der Waals surface area contributed by atoms with Gasteiger partial charge in [0.05, 0.1) is 12.6 Å². The molecule has 4 aromatic carbocycles. The lowest BCUT2D eigenvalue weighted by Gasteiger charge is -2.08. The van der Waals surface area contributed by atoms with Gasteiger partial charge in [-0.1, -0.05) is 60.7 Å². The van der Waals surface area contributed by atoms with Gasteiger partial charge >= 0.3 is 0 Å². The third-order valence-electron chi connectivity index (χ3n) is 6.18. The molecule has 0 saturated heterocycles. The van der Waals surface area contributed by atoms with Crippen molar-refractivity contribution in [3.63, 3.8) is 0 Å². The van der Waals surface area contributed by atoms with Crippen molar-refractivity contribution in [2.75, 3.05) is 0 Å². The number of nitrogens with zero attached hydrogens (tertiary/aromatic N) is 3. The second-order valence-electron chi connectivity index (χ2n) is 8.08. The van der Waals surface area contributed by atoms with Crippen molar-refractivity contribution in [3.8, 4) is 28.2 Å². The molecule has 0 fully saturated rings. The maximum Gasteiger partial charge on any atom is 0.297 e. The Bertz CT molecular complexity index is 1570. The van der Waals surface area contributed by atoms with Crippen LogP contribution in [0, 0.1) is 6.92 Å². The Labute approximate surface area is 186 Å². The van der Waals surface area contributed by atoms with E-state index in [1.807, 2.05) is 12.1 Å². The molecule has 6 rings (SSSR count). The lowest BCUT2D eigenvalue weighted by molar-refractivity contribution is -0.633. The SMILES string of the molecule is Cc1ccc2ocnc2c1-c1n(-c2ccc(-c3ccccc3)cc2)c2ccccc2[n+]1C. The molecule has 0 atom stereocenters. The van der Waals surface area contributed by atoms with Crippen LogP contribution in [0.25, 0.3) is 50.3 Å². The number of rotatable bonds is 3. The first-order chi connectivity index (χ1) is 15.7. The van der Waals surface area contributed by atoms with Crippen molar-refractivity contribution in [1.29, 1.82) is 0 Å². The minimum absolute atomic E-state index is 0.793. The van der Waals surface area contributed by atoms with Crippen LogP contribution in [0.3, 0.4) is 0 Å². The standard InChI is InChI=1S/C28H22N3O/c1-19-12-17-25-27(29-18-32-25)26(19)28-30(2)23-10-6-7-11-24(23)31(28)22-15-13-21(14-16-22)20-8-4-3-5-9-20/h3-18H,1-2H3/q+1. The van der Waals surface area contributed by atoms with Gasteiger partial charge in [-0.25, -0.2) is 9.55 Å². The fourth-order valence-electron chi connectivity index (χ4n) is 4.60.